The van der Waals surface area contributed by atoms with Crippen LogP contribution in [0.5, 0.6) is 11.8 Å². The molecule has 4 N–H and O–H groups in total. The third kappa shape index (κ3) is 8.70. The van der Waals surface area contributed by atoms with Crippen LogP contribution >= 0.6 is 11.6 Å². The van der Waals surface area contributed by atoms with Gasteiger partial charge in [0.05, 0.1) is 43.1 Å². The Kier molecular flexibility index (Phi) is 12.3. The van der Waals surface area contributed by atoms with Gasteiger partial charge in [-0.3, -0.25) is 9.69 Å². The Bertz CT molecular complexity index is 2100. The van der Waals surface area contributed by atoms with Crippen molar-refractivity contribution in [2.24, 2.45) is 0 Å². The summed E-state index contributed by atoms with van der Waals surface area (Å²) in [7, 11) is 2.98. The van der Waals surface area contributed by atoms with Gasteiger partial charge in [0.15, 0.2) is 0 Å². The molecule has 2 saturated heterocycles. The first-order valence-corrected chi connectivity index (χ1v) is 19.6. The van der Waals surface area contributed by atoms with Gasteiger partial charge in [-0.1, -0.05) is 54.1 Å². The lowest BCUT2D eigenvalue weighted by atomic mass is 9.94. The molecule has 3 atom stereocenters. The number of rotatable bonds is 15. The second-order valence-electron chi connectivity index (χ2n) is 15.1. The van der Waals surface area contributed by atoms with Crippen LogP contribution in [0, 0.1) is 0 Å². The van der Waals surface area contributed by atoms with Gasteiger partial charge in [0.25, 0.3) is 0 Å². The van der Waals surface area contributed by atoms with Crippen LogP contribution < -0.4 is 25.4 Å². The number of amides is 1. The highest BCUT2D eigenvalue weighted by Gasteiger charge is 2.40. The standard InChI is InChI=1S/C42H48ClF3N6O5/c1-41(23-57-24-53)17-6-18-52(41)22-26-19-33(42(44,45)46)38(51-40(26)56-3)49-34-15-13-29-28(7-4-8-30(29)34)31-9-5-10-32(37(31)43)35-14-11-25(39(50-35)55-2)20-47-21-27-12-16-36(54)48-27/h4-5,7-11,14,19,27,34,47,53H,6,12-13,15-18,20-24H2,1-3H3,(H,48,54)(H,49,51)/t27-,34-,41-/m0/s1. The van der Waals surface area contributed by atoms with Gasteiger partial charge in [-0.2, -0.15) is 18.2 Å². The zero-order valence-electron chi connectivity index (χ0n) is 32.3. The van der Waals surface area contributed by atoms with Gasteiger partial charge >= 0.3 is 6.18 Å². The number of nitrogens with zero attached hydrogens (tertiary/aromatic N) is 3. The average Bonchev–Trinajstić information content (AvgIpc) is 3.92. The van der Waals surface area contributed by atoms with E-state index in [0.29, 0.717) is 66.6 Å². The number of nitrogens with one attached hydrogen (secondary N) is 3. The molecule has 4 heterocycles. The molecule has 304 valence electrons. The summed E-state index contributed by atoms with van der Waals surface area (Å²) < 4.78 is 60.8. The lowest BCUT2D eigenvalue weighted by molar-refractivity contribution is -0.137. The van der Waals surface area contributed by atoms with E-state index < -0.39 is 30.1 Å². The maximum Gasteiger partial charge on any atom is 0.419 e. The van der Waals surface area contributed by atoms with Gasteiger partial charge in [0, 0.05) is 59.9 Å². The maximum atomic E-state index is 14.7. The molecule has 3 aliphatic rings. The van der Waals surface area contributed by atoms with Crippen molar-refractivity contribution in [3.63, 3.8) is 0 Å². The van der Waals surface area contributed by atoms with Crippen molar-refractivity contribution in [3.05, 3.63) is 87.4 Å². The number of aliphatic hydroxyl groups is 1. The Morgan fingerprint density at radius 3 is 2.49 bits per heavy atom. The maximum absolute atomic E-state index is 14.7. The third-order valence-corrected chi connectivity index (χ3v) is 11.8. The van der Waals surface area contributed by atoms with Gasteiger partial charge in [-0.25, -0.2) is 4.98 Å². The fraction of sp³-hybridized carbons (Fsp3) is 0.452. The van der Waals surface area contributed by atoms with Crippen LogP contribution in [0.15, 0.2) is 54.6 Å². The quantitative estimate of drug-likeness (QED) is 0.0910. The summed E-state index contributed by atoms with van der Waals surface area (Å²) >= 11 is 7.16. The smallest absolute Gasteiger partial charge is 0.419 e. The summed E-state index contributed by atoms with van der Waals surface area (Å²) in [5.41, 5.74) is 4.78. The van der Waals surface area contributed by atoms with Crippen molar-refractivity contribution < 1.29 is 37.3 Å². The Morgan fingerprint density at radius 1 is 1.00 bits per heavy atom. The number of methoxy groups -OCH3 is 2. The molecule has 11 nitrogen and oxygen atoms in total. The molecular weight excluding hydrogens is 761 g/mol. The monoisotopic (exact) mass is 808 g/mol. The predicted molar refractivity (Wildman–Crippen MR) is 211 cm³/mol. The summed E-state index contributed by atoms with van der Waals surface area (Å²) in [4.78, 5) is 22.8. The van der Waals surface area contributed by atoms with Crippen molar-refractivity contribution in [2.75, 3.05) is 46.0 Å². The van der Waals surface area contributed by atoms with Crippen LogP contribution in [0.25, 0.3) is 22.4 Å². The predicted octanol–water partition coefficient (Wildman–Crippen LogP) is 7.29. The van der Waals surface area contributed by atoms with E-state index in [0.717, 1.165) is 53.1 Å². The molecular formula is C42H48ClF3N6O5. The summed E-state index contributed by atoms with van der Waals surface area (Å²) in [6, 6.07) is 16.2. The largest absolute Gasteiger partial charge is 0.481 e. The lowest BCUT2D eigenvalue weighted by Gasteiger charge is -2.35. The second-order valence-corrected chi connectivity index (χ2v) is 15.5. The van der Waals surface area contributed by atoms with E-state index in [1.54, 1.807) is 7.11 Å². The highest BCUT2D eigenvalue weighted by molar-refractivity contribution is 6.36. The Hall–Kier alpha value is -4.47. The Labute approximate surface area is 335 Å². The normalized spacial score (nSPS) is 20.8. The minimum Gasteiger partial charge on any atom is -0.481 e. The molecule has 2 aliphatic heterocycles. The van der Waals surface area contributed by atoms with Gasteiger partial charge in [0.2, 0.25) is 17.7 Å². The summed E-state index contributed by atoms with van der Waals surface area (Å²) in [5, 5.41) is 19.2. The molecule has 2 aromatic heterocycles. The minimum absolute atomic E-state index is 0.0742. The number of anilines is 1. The fourth-order valence-electron chi connectivity index (χ4n) is 8.44. The number of hydrogen-bond donors (Lipinski definition) is 4. The van der Waals surface area contributed by atoms with Crippen LogP contribution in [-0.2, 0) is 35.2 Å². The minimum atomic E-state index is -4.68. The molecule has 15 heteroatoms. The van der Waals surface area contributed by atoms with Gasteiger partial charge in [-0.05, 0) is 74.4 Å². The van der Waals surface area contributed by atoms with Crippen LogP contribution in [0.4, 0.5) is 19.0 Å². The molecule has 0 spiro atoms. The van der Waals surface area contributed by atoms with Crippen molar-refractivity contribution in [2.45, 2.75) is 82.3 Å². The first kappa shape index (κ1) is 40.7. The van der Waals surface area contributed by atoms with Crippen molar-refractivity contribution in [1.82, 2.24) is 25.5 Å². The lowest BCUT2D eigenvalue weighted by Crippen LogP contribution is -2.44. The van der Waals surface area contributed by atoms with Crippen molar-refractivity contribution in [1.29, 1.82) is 0 Å². The van der Waals surface area contributed by atoms with E-state index in [-0.39, 0.29) is 36.8 Å². The Balaban J connectivity index is 1.13. The second kappa shape index (κ2) is 17.2. The number of aromatic nitrogens is 2. The number of halogens is 4. The SMILES string of the molecule is COc1nc(-c2cccc(-c3cccc4c3CC[C@@H]4Nc3nc(OC)c(CN4CCC[C@@]4(C)COCO)cc3C(F)(F)F)c2Cl)ccc1CNC[C@@H]1CCC(=O)N1. The number of likely N-dealkylation sites (tertiary alicyclic amines) is 1. The third-order valence-electron chi connectivity index (χ3n) is 11.4. The number of aliphatic hydroxyl groups excluding tert-OH is 1. The van der Waals surface area contributed by atoms with Crippen LogP contribution in [0.1, 0.15) is 72.9 Å². The number of hydrogen-bond acceptors (Lipinski definition) is 10. The van der Waals surface area contributed by atoms with E-state index in [9.17, 15) is 23.1 Å². The number of alkyl halides is 3. The number of ether oxygens (including phenoxy) is 3. The Morgan fingerprint density at radius 2 is 1.75 bits per heavy atom. The molecule has 2 fully saturated rings. The molecule has 0 unspecified atom stereocenters. The van der Waals surface area contributed by atoms with E-state index in [2.05, 4.69) is 25.8 Å². The highest BCUT2D eigenvalue weighted by atomic mass is 35.5. The zero-order valence-corrected chi connectivity index (χ0v) is 33.0. The van der Waals surface area contributed by atoms with E-state index in [1.807, 2.05) is 55.5 Å². The number of carbonyl (C=O) groups is 1. The molecule has 1 aliphatic carbocycles. The summed E-state index contributed by atoms with van der Waals surface area (Å²) in [6.45, 7) is 3.83. The molecule has 4 aromatic rings. The molecule has 7 rings (SSSR count). The van der Waals surface area contributed by atoms with Crippen LogP contribution in [0.2, 0.25) is 5.02 Å². The van der Waals surface area contributed by atoms with Gasteiger partial charge in [0.1, 0.15) is 12.6 Å². The number of fused-ring (bicyclic) bond motifs is 1. The topological polar surface area (TPSA) is 130 Å². The zero-order chi connectivity index (χ0) is 40.3. The number of carbonyl (C=O) groups excluding carboxylic acids is 1. The van der Waals surface area contributed by atoms with Gasteiger partial charge in [-0.15, -0.1) is 0 Å². The first-order valence-electron chi connectivity index (χ1n) is 19.2. The average molecular weight is 809 g/mol. The fourth-order valence-corrected chi connectivity index (χ4v) is 8.76. The van der Waals surface area contributed by atoms with Crippen LogP contribution in [0.3, 0.4) is 0 Å². The van der Waals surface area contributed by atoms with Crippen molar-refractivity contribution in [3.8, 4) is 34.1 Å². The molecule has 0 bridgehead atoms. The van der Waals surface area contributed by atoms with E-state index in [4.69, 9.17) is 30.8 Å². The molecule has 2 aromatic carbocycles. The number of benzene rings is 2. The summed E-state index contributed by atoms with van der Waals surface area (Å²) in [5.74, 6) is 0.366. The molecule has 1 amide bonds. The first-order chi connectivity index (χ1) is 27.4. The molecule has 57 heavy (non-hydrogen) atoms. The molecule has 0 saturated carbocycles. The van der Waals surface area contributed by atoms with E-state index >= 15 is 0 Å². The number of pyridine rings is 2. The molecule has 0 radical (unpaired) electrons. The van der Waals surface area contributed by atoms with Gasteiger partial charge < -0.3 is 35.3 Å². The van der Waals surface area contributed by atoms with Crippen LogP contribution in [-0.4, -0.2) is 78.2 Å². The van der Waals surface area contributed by atoms with Crippen molar-refractivity contribution >= 4 is 23.3 Å². The highest BCUT2D eigenvalue weighted by Crippen LogP contribution is 2.45. The van der Waals surface area contributed by atoms with E-state index in [1.165, 1.54) is 7.11 Å². The summed E-state index contributed by atoms with van der Waals surface area (Å²) in [6.07, 6.45) is -0.527.